The molecule has 0 spiro atoms. The van der Waals surface area contributed by atoms with Crippen LogP contribution in [0.15, 0.2) is 10.6 Å². The van der Waals surface area contributed by atoms with Crippen LogP contribution in [0.25, 0.3) is 0 Å². The lowest BCUT2D eigenvalue weighted by Gasteiger charge is -2.13. The summed E-state index contributed by atoms with van der Waals surface area (Å²) in [5.74, 6) is 6.62. The van der Waals surface area contributed by atoms with Crippen molar-refractivity contribution in [2.24, 2.45) is 5.92 Å². The van der Waals surface area contributed by atoms with Crippen LogP contribution in [-0.4, -0.2) is 34.2 Å². The van der Waals surface area contributed by atoms with E-state index in [9.17, 15) is 0 Å². The molecule has 1 aliphatic rings. The van der Waals surface area contributed by atoms with Crippen molar-refractivity contribution in [3.05, 3.63) is 17.5 Å². The Bertz CT molecular complexity index is 347. The van der Waals surface area contributed by atoms with Gasteiger partial charge in [-0.05, 0) is 5.92 Å². The predicted molar refractivity (Wildman–Crippen MR) is 80.3 cm³/mol. The van der Waals surface area contributed by atoms with Crippen molar-refractivity contribution in [2.75, 3.05) is 23.0 Å². The molecule has 0 aliphatic carbocycles. The molecule has 1 fully saturated rings. The first-order valence-corrected chi connectivity index (χ1v) is 8.88. The van der Waals surface area contributed by atoms with E-state index in [2.05, 4.69) is 30.4 Å². The third kappa shape index (κ3) is 4.86. The minimum absolute atomic E-state index is 0.604. The number of nitrogens with zero attached hydrogens (tertiary/aromatic N) is 1. The maximum Gasteiger partial charge on any atom is 0.137 e. The Morgan fingerprint density at radius 3 is 2.78 bits per heavy atom. The number of thioether (sulfide) groups is 2. The highest BCUT2D eigenvalue weighted by molar-refractivity contribution is 8.03. The van der Waals surface area contributed by atoms with Gasteiger partial charge in [-0.3, -0.25) is 0 Å². The molecule has 0 aromatic carbocycles. The lowest BCUT2D eigenvalue weighted by Crippen LogP contribution is -2.32. The molecule has 0 radical (unpaired) electrons. The van der Waals surface area contributed by atoms with Crippen LogP contribution in [0.3, 0.4) is 0 Å². The number of nitrogens with one attached hydrogen (secondary N) is 1. The number of aromatic nitrogens is 1. The molecule has 5 heteroatoms. The standard InChI is InChI=1S/C13H22N2OS2/c1-10(2)5-13-6-11(15-16-13)7-14-12-8-17-3-4-18-9-12/h6,10,12,14H,3-5,7-9H2,1-2H3. The summed E-state index contributed by atoms with van der Waals surface area (Å²) in [5, 5.41) is 7.71. The maximum atomic E-state index is 5.34. The van der Waals surface area contributed by atoms with Gasteiger partial charge in [0.25, 0.3) is 0 Å². The van der Waals surface area contributed by atoms with Crippen LogP contribution >= 0.6 is 23.5 Å². The first kappa shape index (κ1) is 14.3. The highest BCUT2D eigenvalue weighted by atomic mass is 32.2. The second-order valence-corrected chi connectivity index (χ2v) is 7.41. The van der Waals surface area contributed by atoms with Gasteiger partial charge < -0.3 is 9.84 Å². The Labute approximate surface area is 118 Å². The van der Waals surface area contributed by atoms with Gasteiger partial charge in [-0.1, -0.05) is 19.0 Å². The van der Waals surface area contributed by atoms with E-state index in [1.807, 2.05) is 23.5 Å². The summed E-state index contributed by atoms with van der Waals surface area (Å²) in [5.41, 5.74) is 1.03. The van der Waals surface area contributed by atoms with E-state index < -0.39 is 0 Å². The molecule has 0 saturated carbocycles. The Kier molecular flexibility index (Phi) is 5.92. The Morgan fingerprint density at radius 1 is 1.39 bits per heavy atom. The van der Waals surface area contributed by atoms with Crippen LogP contribution in [-0.2, 0) is 13.0 Å². The topological polar surface area (TPSA) is 38.1 Å². The van der Waals surface area contributed by atoms with Crippen molar-refractivity contribution in [1.29, 1.82) is 0 Å². The molecule has 0 atom stereocenters. The second kappa shape index (κ2) is 7.46. The molecular weight excluding hydrogens is 264 g/mol. The molecule has 102 valence electrons. The summed E-state index contributed by atoms with van der Waals surface area (Å²) in [7, 11) is 0. The van der Waals surface area contributed by atoms with E-state index in [0.29, 0.717) is 12.0 Å². The van der Waals surface area contributed by atoms with Gasteiger partial charge in [-0.2, -0.15) is 23.5 Å². The molecule has 2 heterocycles. The lowest BCUT2D eigenvalue weighted by atomic mass is 10.1. The summed E-state index contributed by atoms with van der Waals surface area (Å²) in [6.07, 6.45) is 0.974. The molecule has 1 aromatic heterocycles. The molecule has 0 unspecified atom stereocenters. The quantitative estimate of drug-likeness (QED) is 0.901. The highest BCUT2D eigenvalue weighted by Gasteiger charge is 2.13. The van der Waals surface area contributed by atoms with Gasteiger partial charge in [0.05, 0.1) is 5.69 Å². The average molecular weight is 286 g/mol. The monoisotopic (exact) mass is 286 g/mol. The van der Waals surface area contributed by atoms with Gasteiger partial charge in [0.2, 0.25) is 0 Å². The van der Waals surface area contributed by atoms with Crippen LogP contribution in [0.5, 0.6) is 0 Å². The summed E-state index contributed by atoms with van der Waals surface area (Å²) >= 11 is 4.09. The predicted octanol–water partition coefficient (Wildman–Crippen LogP) is 2.81. The fourth-order valence-corrected chi connectivity index (χ4v) is 4.39. The first-order chi connectivity index (χ1) is 8.74. The van der Waals surface area contributed by atoms with Crippen molar-refractivity contribution >= 4 is 23.5 Å². The maximum absolute atomic E-state index is 5.34. The van der Waals surface area contributed by atoms with Crippen molar-refractivity contribution in [3.63, 3.8) is 0 Å². The fourth-order valence-electron chi connectivity index (χ4n) is 1.92. The number of hydrogen-bond donors (Lipinski definition) is 1. The molecule has 1 N–H and O–H groups in total. The SMILES string of the molecule is CC(C)Cc1cc(CNC2CSCCSC2)no1. The van der Waals surface area contributed by atoms with E-state index in [0.717, 1.165) is 24.4 Å². The van der Waals surface area contributed by atoms with Crippen LogP contribution in [0.4, 0.5) is 0 Å². The largest absolute Gasteiger partial charge is 0.361 e. The molecule has 0 bridgehead atoms. The van der Waals surface area contributed by atoms with Gasteiger partial charge in [0.1, 0.15) is 5.76 Å². The zero-order valence-corrected chi connectivity index (χ0v) is 12.8. The minimum Gasteiger partial charge on any atom is -0.361 e. The van der Waals surface area contributed by atoms with Crippen molar-refractivity contribution in [2.45, 2.75) is 32.9 Å². The third-order valence-corrected chi connectivity index (χ3v) is 5.32. The molecule has 3 nitrogen and oxygen atoms in total. The zero-order chi connectivity index (χ0) is 12.8. The fraction of sp³-hybridized carbons (Fsp3) is 0.769. The van der Waals surface area contributed by atoms with Crippen molar-refractivity contribution < 1.29 is 4.52 Å². The number of rotatable bonds is 5. The summed E-state index contributed by atoms with van der Waals surface area (Å²) in [6, 6.07) is 2.69. The number of hydrogen-bond acceptors (Lipinski definition) is 5. The smallest absolute Gasteiger partial charge is 0.137 e. The minimum atomic E-state index is 0.604. The van der Waals surface area contributed by atoms with Crippen LogP contribution in [0.2, 0.25) is 0 Å². The summed E-state index contributed by atoms with van der Waals surface area (Å²) in [4.78, 5) is 0. The van der Waals surface area contributed by atoms with E-state index in [1.165, 1.54) is 23.0 Å². The van der Waals surface area contributed by atoms with Gasteiger partial charge in [0.15, 0.2) is 0 Å². The van der Waals surface area contributed by atoms with Crippen LogP contribution in [0.1, 0.15) is 25.3 Å². The van der Waals surface area contributed by atoms with Crippen molar-refractivity contribution in [3.8, 4) is 0 Å². The summed E-state index contributed by atoms with van der Waals surface area (Å²) < 4.78 is 5.34. The second-order valence-electron chi connectivity index (χ2n) is 5.11. The molecule has 0 amide bonds. The average Bonchev–Trinajstić information content (AvgIpc) is 2.61. The molecule has 1 aromatic rings. The van der Waals surface area contributed by atoms with Crippen molar-refractivity contribution in [1.82, 2.24) is 10.5 Å². The normalized spacial score (nSPS) is 18.2. The van der Waals surface area contributed by atoms with E-state index >= 15 is 0 Å². The Balaban J connectivity index is 1.76. The highest BCUT2D eigenvalue weighted by Crippen LogP contribution is 2.17. The van der Waals surface area contributed by atoms with E-state index in [1.54, 1.807) is 0 Å². The summed E-state index contributed by atoms with van der Waals surface area (Å²) in [6.45, 7) is 5.22. The molecule has 18 heavy (non-hydrogen) atoms. The first-order valence-electron chi connectivity index (χ1n) is 6.57. The van der Waals surface area contributed by atoms with Crippen LogP contribution < -0.4 is 5.32 Å². The third-order valence-electron chi connectivity index (χ3n) is 2.80. The van der Waals surface area contributed by atoms with Gasteiger partial charge in [-0.25, -0.2) is 0 Å². The lowest BCUT2D eigenvalue weighted by molar-refractivity contribution is 0.361. The molecular formula is C13H22N2OS2. The molecule has 1 aliphatic heterocycles. The molecule has 2 rings (SSSR count). The van der Waals surface area contributed by atoms with Gasteiger partial charge >= 0.3 is 0 Å². The van der Waals surface area contributed by atoms with E-state index in [-0.39, 0.29) is 0 Å². The van der Waals surface area contributed by atoms with Gasteiger partial charge in [-0.15, -0.1) is 0 Å². The molecule has 1 saturated heterocycles. The van der Waals surface area contributed by atoms with Crippen LogP contribution in [0, 0.1) is 5.92 Å². The van der Waals surface area contributed by atoms with E-state index in [4.69, 9.17) is 4.52 Å². The Morgan fingerprint density at radius 2 is 2.11 bits per heavy atom. The Hall–Kier alpha value is -0.130. The van der Waals surface area contributed by atoms with Gasteiger partial charge in [0, 0.05) is 48.1 Å². The zero-order valence-electron chi connectivity index (χ0n) is 11.1.